The molecule has 1 N–H and O–H groups in total. The molecule has 0 saturated carbocycles. The number of nitrogens with one attached hydrogen (secondary N) is 1. The van der Waals surface area contributed by atoms with Gasteiger partial charge in [-0.3, -0.25) is 9.59 Å². The van der Waals surface area contributed by atoms with E-state index in [0.717, 1.165) is 26.2 Å². The Morgan fingerprint density at radius 2 is 2.00 bits per heavy atom. The van der Waals surface area contributed by atoms with E-state index in [9.17, 15) is 9.59 Å². The van der Waals surface area contributed by atoms with Gasteiger partial charge in [-0.15, -0.1) is 0 Å². The van der Waals surface area contributed by atoms with Crippen molar-refractivity contribution in [2.24, 2.45) is 5.92 Å². The Kier molecular flexibility index (Phi) is 3.43. The van der Waals surface area contributed by atoms with E-state index >= 15 is 0 Å². The minimum absolute atomic E-state index is 0.00102. The molecule has 0 aliphatic carbocycles. The molecule has 0 spiro atoms. The number of amides is 2. The van der Waals surface area contributed by atoms with Gasteiger partial charge in [-0.1, -0.05) is 0 Å². The van der Waals surface area contributed by atoms with E-state index in [1.54, 1.807) is 0 Å². The third-order valence-electron chi connectivity index (χ3n) is 3.43. The lowest BCUT2D eigenvalue weighted by molar-refractivity contribution is -0.138. The van der Waals surface area contributed by atoms with Gasteiger partial charge in [0.05, 0.1) is 5.92 Å². The van der Waals surface area contributed by atoms with Crippen molar-refractivity contribution < 1.29 is 9.59 Å². The first-order valence-corrected chi connectivity index (χ1v) is 5.91. The van der Waals surface area contributed by atoms with Crippen molar-refractivity contribution in [2.45, 2.75) is 12.8 Å². The molecule has 2 heterocycles. The average molecular weight is 225 g/mol. The molecule has 1 unspecified atom stereocenters. The van der Waals surface area contributed by atoms with Crippen LogP contribution in [0.2, 0.25) is 0 Å². The molecule has 2 fully saturated rings. The summed E-state index contributed by atoms with van der Waals surface area (Å²) >= 11 is 0. The van der Waals surface area contributed by atoms with Crippen LogP contribution < -0.4 is 5.32 Å². The van der Waals surface area contributed by atoms with E-state index in [4.69, 9.17) is 0 Å². The number of piperazine rings is 1. The fourth-order valence-corrected chi connectivity index (χ4v) is 2.23. The number of rotatable bonds is 1. The number of hydrogen-bond acceptors (Lipinski definition) is 3. The Balaban J connectivity index is 1.85. The summed E-state index contributed by atoms with van der Waals surface area (Å²) in [5.41, 5.74) is 0. The first kappa shape index (κ1) is 11.4. The molecule has 0 aromatic heterocycles. The number of carbonyl (C=O) groups is 2. The van der Waals surface area contributed by atoms with Crippen LogP contribution in [0.4, 0.5) is 0 Å². The fourth-order valence-electron chi connectivity index (χ4n) is 2.23. The van der Waals surface area contributed by atoms with E-state index in [2.05, 4.69) is 17.3 Å². The van der Waals surface area contributed by atoms with E-state index in [-0.39, 0.29) is 17.7 Å². The Labute approximate surface area is 95.8 Å². The summed E-state index contributed by atoms with van der Waals surface area (Å²) in [6.45, 7) is 4.05. The summed E-state index contributed by atoms with van der Waals surface area (Å²) in [5.74, 6) is 0.289. The summed E-state index contributed by atoms with van der Waals surface area (Å²) < 4.78 is 0. The maximum Gasteiger partial charge on any atom is 0.227 e. The summed E-state index contributed by atoms with van der Waals surface area (Å²) in [5, 5.41) is 2.76. The van der Waals surface area contributed by atoms with Gasteiger partial charge in [-0.2, -0.15) is 0 Å². The molecule has 2 saturated heterocycles. The molecule has 5 nitrogen and oxygen atoms in total. The molecule has 2 amide bonds. The van der Waals surface area contributed by atoms with Crippen LogP contribution in [0.25, 0.3) is 0 Å². The number of carbonyl (C=O) groups excluding carboxylic acids is 2. The van der Waals surface area contributed by atoms with Gasteiger partial charge in [-0.05, 0) is 13.5 Å². The highest BCUT2D eigenvalue weighted by Gasteiger charge is 2.29. The molecule has 2 rings (SSSR count). The molecule has 16 heavy (non-hydrogen) atoms. The minimum atomic E-state index is 0.00102. The van der Waals surface area contributed by atoms with E-state index in [1.165, 1.54) is 0 Å². The summed E-state index contributed by atoms with van der Waals surface area (Å²) in [6.07, 6.45) is 1.20. The molecule has 0 aromatic rings. The first-order valence-electron chi connectivity index (χ1n) is 5.91. The highest BCUT2D eigenvalue weighted by atomic mass is 16.2. The summed E-state index contributed by atoms with van der Waals surface area (Å²) in [6, 6.07) is 0. The van der Waals surface area contributed by atoms with Gasteiger partial charge in [0.15, 0.2) is 0 Å². The van der Waals surface area contributed by atoms with Crippen LogP contribution in [-0.4, -0.2) is 61.4 Å². The Hall–Kier alpha value is -1.10. The molecule has 2 aliphatic heterocycles. The largest absolute Gasteiger partial charge is 0.355 e. The monoisotopic (exact) mass is 225 g/mol. The van der Waals surface area contributed by atoms with Crippen molar-refractivity contribution in [3.63, 3.8) is 0 Å². The number of hydrogen-bond donors (Lipinski definition) is 1. The zero-order valence-electron chi connectivity index (χ0n) is 9.74. The standard InChI is InChI=1S/C11H19N3O2/c1-13-4-6-14(7-5-13)11(16)9-2-3-10(15)12-8-9/h9H,2-8H2,1H3,(H,12,15). The second-order valence-corrected chi connectivity index (χ2v) is 4.67. The Morgan fingerprint density at radius 3 is 2.56 bits per heavy atom. The number of nitrogens with zero attached hydrogens (tertiary/aromatic N) is 2. The van der Waals surface area contributed by atoms with Gasteiger partial charge in [0.2, 0.25) is 11.8 Å². The van der Waals surface area contributed by atoms with Crippen molar-refractivity contribution in [1.29, 1.82) is 0 Å². The molecule has 1 atom stereocenters. The lowest BCUT2D eigenvalue weighted by Crippen LogP contribution is -2.51. The maximum absolute atomic E-state index is 12.1. The third-order valence-corrected chi connectivity index (χ3v) is 3.43. The van der Waals surface area contributed by atoms with Crippen molar-refractivity contribution in [3.05, 3.63) is 0 Å². The zero-order chi connectivity index (χ0) is 11.5. The predicted molar refractivity (Wildman–Crippen MR) is 59.8 cm³/mol. The zero-order valence-corrected chi connectivity index (χ0v) is 9.74. The van der Waals surface area contributed by atoms with Crippen LogP contribution in [0.15, 0.2) is 0 Å². The molecule has 2 aliphatic rings. The van der Waals surface area contributed by atoms with Crippen molar-refractivity contribution >= 4 is 11.8 Å². The van der Waals surface area contributed by atoms with E-state index < -0.39 is 0 Å². The highest BCUT2D eigenvalue weighted by molar-refractivity contribution is 5.83. The first-order chi connectivity index (χ1) is 7.66. The number of piperidine rings is 1. The van der Waals surface area contributed by atoms with Crippen LogP contribution >= 0.6 is 0 Å². The van der Waals surface area contributed by atoms with Crippen molar-refractivity contribution in [3.8, 4) is 0 Å². The predicted octanol–water partition coefficient (Wildman–Crippen LogP) is -0.713. The lowest BCUT2D eigenvalue weighted by atomic mass is 9.97. The Bertz CT molecular complexity index is 275. The SMILES string of the molecule is CN1CCN(C(=O)C2CCC(=O)NC2)CC1. The molecular formula is C11H19N3O2. The lowest BCUT2D eigenvalue weighted by Gasteiger charge is -2.35. The van der Waals surface area contributed by atoms with Gasteiger partial charge in [0.1, 0.15) is 0 Å². The topological polar surface area (TPSA) is 52.7 Å². The Morgan fingerprint density at radius 1 is 1.31 bits per heavy atom. The van der Waals surface area contributed by atoms with Crippen LogP contribution in [0.5, 0.6) is 0 Å². The molecular weight excluding hydrogens is 206 g/mol. The van der Waals surface area contributed by atoms with Crippen molar-refractivity contribution in [1.82, 2.24) is 15.1 Å². The van der Waals surface area contributed by atoms with Crippen LogP contribution in [-0.2, 0) is 9.59 Å². The van der Waals surface area contributed by atoms with E-state index in [0.29, 0.717) is 19.4 Å². The molecule has 0 aromatic carbocycles. The van der Waals surface area contributed by atoms with Crippen LogP contribution in [0, 0.1) is 5.92 Å². The minimum Gasteiger partial charge on any atom is -0.355 e. The molecule has 5 heteroatoms. The molecule has 90 valence electrons. The third kappa shape index (κ3) is 2.52. The van der Waals surface area contributed by atoms with Crippen LogP contribution in [0.1, 0.15) is 12.8 Å². The summed E-state index contributed by atoms with van der Waals surface area (Å²) in [7, 11) is 2.07. The fraction of sp³-hybridized carbons (Fsp3) is 0.818. The van der Waals surface area contributed by atoms with Gasteiger partial charge in [0.25, 0.3) is 0 Å². The molecule has 0 bridgehead atoms. The maximum atomic E-state index is 12.1. The highest BCUT2D eigenvalue weighted by Crippen LogP contribution is 2.15. The molecule has 0 radical (unpaired) electrons. The average Bonchev–Trinajstić information content (AvgIpc) is 2.30. The van der Waals surface area contributed by atoms with Gasteiger partial charge in [0, 0.05) is 39.1 Å². The van der Waals surface area contributed by atoms with E-state index in [1.807, 2.05) is 4.90 Å². The number of likely N-dealkylation sites (N-methyl/N-ethyl adjacent to an activating group) is 1. The van der Waals surface area contributed by atoms with Gasteiger partial charge < -0.3 is 15.1 Å². The van der Waals surface area contributed by atoms with Gasteiger partial charge >= 0.3 is 0 Å². The second-order valence-electron chi connectivity index (χ2n) is 4.67. The van der Waals surface area contributed by atoms with Crippen LogP contribution in [0.3, 0.4) is 0 Å². The quantitative estimate of drug-likeness (QED) is 0.641. The van der Waals surface area contributed by atoms with Crippen molar-refractivity contribution in [2.75, 3.05) is 39.8 Å². The summed E-state index contributed by atoms with van der Waals surface area (Å²) in [4.78, 5) is 27.3. The second kappa shape index (κ2) is 4.82. The normalized spacial score (nSPS) is 27.7. The smallest absolute Gasteiger partial charge is 0.227 e. The van der Waals surface area contributed by atoms with Gasteiger partial charge in [-0.25, -0.2) is 0 Å².